The molecule has 1 heterocycles. The fourth-order valence-corrected chi connectivity index (χ4v) is 0.823. The molecular formula is C5H12N6O. The van der Waals surface area contributed by atoms with Gasteiger partial charge in [0, 0.05) is 7.11 Å². The number of anilines is 1. The fraction of sp³-hybridized carbons (Fsp3) is 0.600. The van der Waals surface area contributed by atoms with E-state index in [0.717, 1.165) is 4.68 Å². The number of hydrogen-bond acceptors (Lipinski definition) is 6. The van der Waals surface area contributed by atoms with E-state index >= 15 is 0 Å². The van der Waals surface area contributed by atoms with E-state index in [1.54, 1.807) is 7.11 Å². The number of nitrogens with two attached hydrogens (primary N) is 3. The zero-order valence-corrected chi connectivity index (χ0v) is 6.77. The van der Waals surface area contributed by atoms with E-state index in [1.807, 2.05) is 0 Å². The molecule has 1 aromatic heterocycles. The SMILES string of the molecule is COCC(N)c1nnc(N)n1N. The van der Waals surface area contributed by atoms with E-state index in [-0.39, 0.29) is 5.95 Å². The van der Waals surface area contributed by atoms with E-state index in [2.05, 4.69) is 10.2 Å². The van der Waals surface area contributed by atoms with Crippen molar-refractivity contribution in [2.75, 3.05) is 25.3 Å². The molecule has 12 heavy (non-hydrogen) atoms. The van der Waals surface area contributed by atoms with Crippen LogP contribution in [-0.2, 0) is 4.74 Å². The predicted molar refractivity (Wildman–Crippen MR) is 43.4 cm³/mol. The van der Waals surface area contributed by atoms with Crippen LogP contribution in [0.5, 0.6) is 0 Å². The van der Waals surface area contributed by atoms with Crippen molar-refractivity contribution in [1.29, 1.82) is 0 Å². The summed E-state index contributed by atoms with van der Waals surface area (Å²) in [6.45, 7) is 0.329. The third-order valence-corrected chi connectivity index (χ3v) is 1.43. The predicted octanol–water partition coefficient (Wildman–Crippen LogP) is -1.78. The molecule has 1 unspecified atom stereocenters. The molecular weight excluding hydrogens is 160 g/mol. The Morgan fingerprint density at radius 2 is 2.25 bits per heavy atom. The topological polar surface area (TPSA) is 118 Å². The summed E-state index contributed by atoms with van der Waals surface area (Å²) < 4.78 is 5.96. The van der Waals surface area contributed by atoms with Gasteiger partial charge in [-0.3, -0.25) is 0 Å². The van der Waals surface area contributed by atoms with Crippen molar-refractivity contribution < 1.29 is 4.74 Å². The lowest BCUT2D eigenvalue weighted by Gasteiger charge is -2.08. The van der Waals surface area contributed by atoms with Crippen molar-refractivity contribution in [2.24, 2.45) is 5.73 Å². The Balaban J connectivity index is 2.80. The van der Waals surface area contributed by atoms with Crippen molar-refractivity contribution in [3.05, 3.63) is 5.82 Å². The number of rotatable bonds is 3. The van der Waals surface area contributed by atoms with Gasteiger partial charge in [0.2, 0.25) is 5.95 Å². The van der Waals surface area contributed by atoms with Gasteiger partial charge in [0.25, 0.3) is 0 Å². The molecule has 68 valence electrons. The van der Waals surface area contributed by atoms with Crippen molar-refractivity contribution in [3.63, 3.8) is 0 Å². The quantitative estimate of drug-likeness (QED) is 0.464. The average Bonchev–Trinajstić information content (AvgIpc) is 2.34. The highest BCUT2D eigenvalue weighted by atomic mass is 16.5. The summed E-state index contributed by atoms with van der Waals surface area (Å²) >= 11 is 0. The molecule has 0 saturated carbocycles. The van der Waals surface area contributed by atoms with Gasteiger partial charge in [0.15, 0.2) is 5.82 Å². The van der Waals surface area contributed by atoms with Gasteiger partial charge in [0.05, 0.1) is 12.6 Å². The highest BCUT2D eigenvalue weighted by molar-refractivity contribution is 5.18. The lowest BCUT2D eigenvalue weighted by molar-refractivity contribution is 0.177. The Kier molecular flexibility index (Phi) is 2.46. The molecule has 0 saturated heterocycles. The van der Waals surface area contributed by atoms with Crippen LogP contribution in [0, 0.1) is 0 Å². The maximum atomic E-state index is 5.64. The molecule has 0 aliphatic carbocycles. The first-order chi connectivity index (χ1) is 5.66. The summed E-state index contributed by atoms with van der Waals surface area (Å²) in [6, 6.07) is -0.398. The number of nitrogens with zero attached hydrogens (tertiary/aromatic N) is 3. The van der Waals surface area contributed by atoms with Gasteiger partial charge >= 0.3 is 0 Å². The number of hydrogen-bond donors (Lipinski definition) is 3. The van der Waals surface area contributed by atoms with Gasteiger partial charge in [-0.25, -0.2) is 4.68 Å². The van der Waals surface area contributed by atoms with Gasteiger partial charge in [-0.15, -0.1) is 10.2 Å². The average molecular weight is 172 g/mol. The van der Waals surface area contributed by atoms with E-state index in [9.17, 15) is 0 Å². The third kappa shape index (κ3) is 1.46. The van der Waals surface area contributed by atoms with Crippen LogP contribution in [0.4, 0.5) is 5.95 Å². The minimum absolute atomic E-state index is 0.136. The van der Waals surface area contributed by atoms with E-state index in [0.29, 0.717) is 12.4 Å². The van der Waals surface area contributed by atoms with E-state index < -0.39 is 6.04 Å². The first-order valence-electron chi connectivity index (χ1n) is 3.37. The summed E-state index contributed by atoms with van der Waals surface area (Å²) in [5, 5.41) is 7.24. The van der Waals surface area contributed by atoms with Crippen LogP contribution in [0.1, 0.15) is 11.9 Å². The molecule has 6 N–H and O–H groups in total. The normalized spacial score (nSPS) is 13.2. The zero-order chi connectivity index (χ0) is 9.14. The molecule has 0 bridgehead atoms. The summed E-state index contributed by atoms with van der Waals surface area (Å²) in [5.41, 5.74) is 11.0. The Bertz CT molecular complexity index is 258. The highest BCUT2D eigenvalue weighted by Crippen LogP contribution is 2.06. The van der Waals surface area contributed by atoms with E-state index in [4.69, 9.17) is 22.0 Å². The smallest absolute Gasteiger partial charge is 0.240 e. The second kappa shape index (κ2) is 3.37. The number of ether oxygens (including phenoxy) is 1. The Morgan fingerprint density at radius 1 is 1.58 bits per heavy atom. The van der Waals surface area contributed by atoms with E-state index in [1.165, 1.54) is 0 Å². The van der Waals surface area contributed by atoms with Crippen LogP contribution >= 0.6 is 0 Å². The fourth-order valence-electron chi connectivity index (χ4n) is 0.823. The molecule has 1 rings (SSSR count). The largest absolute Gasteiger partial charge is 0.383 e. The molecule has 1 aromatic rings. The second-order valence-electron chi connectivity index (χ2n) is 2.35. The maximum absolute atomic E-state index is 5.64. The van der Waals surface area contributed by atoms with Crippen LogP contribution in [0.2, 0.25) is 0 Å². The monoisotopic (exact) mass is 172 g/mol. The second-order valence-corrected chi connectivity index (χ2v) is 2.35. The van der Waals surface area contributed by atoms with Crippen molar-refractivity contribution >= 4 is 5.95 Å². The molecule has 7 nitrogen and oxygen atoms in total. The maximum Gasteiger partial charge on any atom is 0.240 e. The molecule has 0 aromatic carbocycles. The lowest BCUT2D eigenvalue weighted by atomic mass is 10.3. The van der Waals surface area contributed by atoms with Gasteiger partial charge in [-0.05, 0) is 0 Å². The Labute approximate surface area is 69.5 Å². The minimum Gasteiger partial charge on any atom is -0.383 e. The van der Waals surface area contributed by atoms with Crippen molar-refractivity contribution in [1.82, 2.24) is 14.9 Å². The number of nitrogen functional groups attached to an aromatic ring is 2. The third-order valence-electron chi connectivity index (χ3n) is 1.43. The summed E-state index contributed by atoms with van der Waals surface area (Å²) in [6.07, 6.45) is 0. The molecule has 1 atom stereocenters. The van der Waals surface area contributed by atoms with Gasteiger partial charge in [-0.1, -0.05) is 0 Å². The summed E-state index contributed by atoms with van der Waals surface area (Å²) in [7, 11) is 1.54. The van der Waals surface area contributed by atoms with Crippen LogP contribution in [-0.4, -0.2) is 28.6 Å². The molecule has 0 aliphatic heterocycles. The van der Waals surface area contributed by atoms with Crippen LogP contribution in [0.25, 0.3) is 0 Å². The van der Waals surface area contributed by atoms with Crippen LogP contribution in [0.15, 0.2) is 0 Å². The summed E-state index contributed by atoms with van der Waals surface area (Å²) in [4.78, 5) is 0. The van der Waals surface area contributed by atoms with Gasteiger partial charge in [-0.2, -0.15) is 0 Å². The lowest BCUT2D eigenvalue weighted by Crippen LogP contribution is -2.25. The Hall–Kier alpha value is -1.34. The van der Waals surface area contributed by atoms with Crippen molar-refractivity contribution in [2.45, 2.75) is 6.04 Å². The summed E-state index contributed by atoms with van der Waals surface area (Å²) in [5.74, 6) is 6.01. The first kappa shape index (κ1) is 8.75. The standard InChI is InChI=1S/C5H12N6O/c1-12-2-3(6)4-9-10-5(7)11(4)8/h3H,2,6,8H2,1H3,(H2,7,10). The van der Waals surface area contributed by atoms with Gasteiger partial charge < -0.3 is 22.0 Å². The molecule has 0 amide bonds. The van der Waals surface area contributed by atoms with Gasteiger partial charge in [0.1, 0.15) is 0 Å². The molecule has 7 heteroatoms. The minimum atomic E-state index is -0.398. The number of methoxy groups -OCH3 is 1. The molecule has 0 fully saturated rings. The highest BCUT2D eigenvalue weighted by Gasteiger charge is 2.14. The molecule has 0 spiro atoms. The van der Waals surface area contributed by atoms with Crippen molar-refractivity contribution in [3.8, 4) is 0 Å². The first-order valence-corrected chi connectivity index (χ1v) is 3.37. The zero-order valence-electron chi connectivity index (χ0n) is 6.77. The molecule has 0 radical (unpaired) electrons. The number of aromatic nitrogens is 3. The van der Waals surface area contributed by atoms with Crippen LogP contribution < -0.4 is 17.3 Å². The molecule has 0 aliphatic rings. The Morgan fingerprint density at radius 3 is 2.67 bits per heavy atom. The van der Waals surface area contributed by atoms with Crippen LogP contribution in [0.3, 0.4) is 0 Å².